The van der Waals surface area contributed by atoms with Crippen LogP contribution in [0.15, 0.2) is 24.3 Å². The van der Waals surface area contributed by atoms with Crippen LogP contribution < -0.4 is 10.1 Å². The first-order chi connectivity index (χ1) is 8.74. The first-order valence-electron chi connectivity index (χ1n) is 7.14. The summed E-state index contributed by atoms with van der Waals surface area (Å²) in [4.78, 5) is 0. The van der Waals surface area contributed by atoms with Crippen molar-refractivity contribution in [1.82, 2.24) is 5.32 Å². The largest absolute Gasteiger partial charge is 0.497 e. The maximum absolute atomic E-state index is 5.29. The molecule has 2 fully saturated rings. The third-order valence-corrected chi connectivity index (χ3v) is 4.55. The molecule has 0 amide bonds. The highest BCUT2D eigenvalue weighted by Crippen LogP contribution is 2.39. The Morgan fingerprint density at radius 3 is 2.50 bits per heavy atom. The fraction of sp³-hybridized carbons (Fsp3) is 0.625. The Kier molecular flexibility index (Phi) is 3.29. The van der Waals surface area contributed by atoms with Gasteiger partial charge in [0.15, 0.2) is 0 Å². The van der Waals surface area contributed by atoms with Crippen molar-refractivity contribution < 1.29 is 4.74 Å². The van der Waals surface area contributed by atoms with Crippen molar-refractivity contribution in [2.75, 3.05) is 7.11 Å². The SMILES string of the molecule is COc1cccc(C2CC(NC3CC(C)C3)C2)c1. The number of benzene rings is 1. The highest BCUT2D eigenvalue weighted by molar-refractivity contribution is 5.32. The zero-order chi connectivity index (χ0) is 12.5. The van der Waals surface area contributed by atoms with Crippen molar-refractivity contribution >= 4 is 0 Å². The number of hydrogen-bond donors (Lipinski definition) is 1. The van der Waals surface area contributed by atoms with E-state index >= 15 is 0 Å². The van der Waals surface area contributed by atoms with E-state index in [0.29, 0.717) is 0 Å². The molecule has 2 aliphatic carbocycles. The quantitative estimate of drug-likeness (QED) is 0.878. The first-order valence-corrected chi connectivity index (χ1v) is 7.14. The van der Waals surface area contributed by atoms with E-state index in [2.05, 4.69) is 30.4 Å². The van der Waals surface area contributed by atoms with Gasteiger partial charge < -0.3 is 10.1 Å². The molecule has 0 atom stereocenters. The van der Waals surface area contributed by atoms with Crippen LogP contribution in [-0.4, -0.2) is 19.2 Å². The summed E-state index contributed by atoms with van der Waals surface area (Å²) in [5.74, 6) is 2.66. The lowest BCUT2D eigenvalue weighted by atomic mass is 9.73. The zero-order valence-electron chi connectivity index (χ0n) is 11.4. The molecule has 2 heteroatoms. The maximum atomic E-state index is 5.29. The Balaban J connectivity index is 1.49. The van der Waals surface area contributed by atoms with Crippen LogP contribution in [0.3, 0.4) is 0 Å². The molecule has 0 saturated heterocycles. The predicted octanol–water partition coefficient (Wildman–Crippen LogP) is 3.33. The van der Waals surface area contributed by atoms with Gasteiger partial charge in [0.1, 0.15) is 5.75 Å². The Morgan fingerprint density at radius 2 is 1.83 bits per heavy atom. The molecule has 0 aliphatic heterocycles. The summed E-state index contributed by atoms with van der Waals surface area (Å²) in [6.45, 7) is 2.35. The number of methoxy groups -OCH3 is 1. The first kappa shape index (κ1) is 12.0. The van der Waals surface area contributed by atoms with E-state index < -0.39 is 0 Å². The van der Waals surface area contributed by atoms with Crippen molar-refractivity contribution in [3.05, 3.63) is 29.8 Å². The Morgan fingerprint density at radius 1 is 1.11 bits per heavy atom. The fourth-order valence-corrected chi connectivity index (χ4v) is 3.29. The van der Waals surface area contributed by atoms with Crippen molar-refractivity contribution in [3.8, 4) is 5.75 Å². The molecule has 0 bridgehead atoms. The van der Waals surface area contributed by atoms with Crippen LogP contribution in [0.2, 0.25) is 0 Å². The van der Waals surface area contributed by atoms with E-state index in [1.807, 2.05) is 6.07 Å². The number of hydrogen-bond acceptors (Lipinski definition) is 2. The summed E-state index contributed by atoms with van der Waals surface area (Å²) in [5.41, 5.74) is 1.44. The van der Waals surface area contributed by atoms with Crippen LogP contribution in [0.25, 0.3) is 0 Å². The molecule has 1 N–H and O–H groups in total. The molecule has 3 rings (SSSR count). The van der Waals surface area contributed by atoms with Crippen LogP contribution in [0.4, 0.5) is 0 Å². The van der Waals surface area contributed by atoms with Gasteiger partial charge >= 0.3 is 0 Å². The normalized spacial score (nSPS) is 34.6. The van der Waals surface area contributed by atoms with Gasteiger partial charge in [0.25, 0.3) is 0 Å². The molecule has 1 aromatic carbocycles. The lowest BCUT2D eigenvalue weighted by Crippen LogP contribution is -2.50. The van der Waals surface area contributed by atoms with Gasteiger partial charge in [0, 0.05) is 12.1 Å². The van der Waals surface area contributed by atoms with Crippen LogP contribution in [0.1, 0.15) is 44.1 Å². The molecule has 18 heavy (non-hydrogen) atoms. The molecule has 0 heterocycles. The van der Waals surface area contributed by atoms with E-state index in [1.165, 1.54) is 31.2 Å². The monoisotopic (exact) mass is 245 g/mol. The minimum absolute atomic E-state index is 0.732. The van der Waals surface area contributed by atoms with E-state index in [0.717, 1.165) is 29.7 Å². The lowest BCUT2D eigenvalue weighted by Gasteiger charge is -2.43. The molecule has 1 aromatic rings. The standard InChI is InChI=1S/C16H23NO/c1-11-6-14(7-11)17-15-8-13(9-15)12-4-3-5-16(10-12)18-2/h3-5,10-11,13-15,17H,6-9H2,1-2H3. The number of ether oxygens (including phenoxy) is 1. The zero-order valence-corrected chi connectivity index (χ0v) is 11.4. The molecular weight excluding hydrogens is 222 g/mol. The van der Waals surface area contributed by atoms with Crippen molar-refractivity contribution in [2.24, 2.45) is 5.92 Å². The number of rotatable bonds is 4. The summed E-state index contributed by atoms with van der Waals surface area (Å²) >= 11 is 0. The second-order valence-corrected chi connectivity index (χ2v) is 6.08. The van der Waals surface area contributed by atoms with Crippen LogP contribution >= 0.6 is 0 Å². The predicted molar refractivity (Wildman–Crippen MR) is 74.1 cm³/mol. The number of nitrogens with one attached hydrogen (secondary N) is 1. The third-order valence-electron chi connectivity index (χ3n) is 4.55. The Labute approximate surface area is 110 Å². The minimum Gasteiger partial charge on any atom is -0.497 e. The van der Waals surface area contributed by atoms with Crippen molar-refractivity contribution in [2.45, 2.75) is 50.6 Å². The molecule has 0 aromatic heterocycles. The maximum Gasteiger partial charge on any atom is 0.119 e. The highest BCUT2D eigenvalue weighted by Gasteiger charge is 2.34. The smallest absolute Gasteiger partial charge is 0.119 e. The Bertz CT molecular complexity index is 405. The van der Waals surface area contributed by atoms with E-state index in [1.54, 1.807) is 7.11 Å². The van der Waals surface area contributed by atoms with Crippen molar-refractivity contribution in [3.63, 3.8) is 0 Å². The summed E-state index contributed by atoms with van der Waals surface area (Å²) in [5, 5.41) is 3.78. The molecule has 0 radical (unpaired) electrons. The Hall–Kier alpha value is -1.02. The molecule has 0 unspecified atom stereocenters. The van der Waals surface area contributed by atoms with Crippen LogP contribution in [-0.2, 0) is 0 Å². The van der Waals surface area contributed by atoms with Gasteiger partial charge in [0.2, 0.25) is 0 Å². The summed E-state index contributed by atoms with van der Waals surface area (Å²) in [7, 11) is 1.74. The fourth-order valence-electron chi connectivity index (χ4n) is 3.29. The van der Waals surface area contributed by atoms with Gasteiger partial charge in [-0.15, -0.1) is 0 Å². The summed E-state index contributed by atoms with van der Waals surface area (Å²) in [6.07, 6.45) is 5.33. The molecule has 2 saturated carbocycles. The van der Waals surface area contributed by atoms with E-state index in [-0.39, 0.29) is 0 Å². The van der Waals surface area contributed by atoms with Crippen LogP contribution in [0.5, 0.6) is 5.75 Å². The lowest BCUT2D eigenvalue weighted by molar-refractivity contribution is 0.177. The molecule has 0 spiro atoms. The molecule has 2 nitrogen and oxygen atoms in total. The van der Waals surface area contributed by atoms with E-state index in [4.69, 9.17) is 4.74 Å². The average molecular weight is 245 g/mol. The minimum atomic E-state index is 0.732. The van der Waals surface area contributed by atoms with Gasteiger partial charge in [-0.25, -0.2) is 0 Å². The summed E-state index contributed by atoms with van der Waals surface area (Å²) < 4.78 is 5.29. The second kappa shape index (κ2) is 4.93. The molecule has 98 valence electrons. The molecule has 2 aliphatic rings. The van der Waals surface area contributed by atoms with Crippen LogP contribution in [0, 0.1) is 5.92 Å². The third kappa shape index (κ3) is 2.39. The van der Waals surface area contributed by atoms with Gasteiger partial charge in [-0.05, 0) is 55.2 Å². The van der Waals surface area contributed by atoms with Gasteiger partial charge in [-0.3, -0.25) is 0 Å². The second-order valence-electron chi connectivity index (χ2n) is 6.08. The average Bonchev–Trinajstić information content (AvgIpc) is 2.30. The van der Waals surface area contributed by atoms with Crippen molar-refractivity contribution in [1.29, 1.82) is 0 Å². The molecular formula is C16H23NO. The van der Waals surface area contributed by atoms with Gasteiger partial charge in [0.05, 0.1) is 7.11 Å². The highest BCUT2D eigenvalue weighted by atomic mass is 16.5. The van der Waals surface area contributed by atoms with E-state index in [9.17, 15) is 0 Å². The van der Waals surface area contributed by atoms with Gasteiger partial charge in [-0.1, -0.05) is 19.1 Å². The van der Waals surface area contributed by atoms with Gasteiger partial charge in [-0.2, -0.15) is 0 Å². The summed E-state index contributed by atoms with van der Waals surface area (Å²) in [6, 6.07) is 10.1. The topological polar surface area (TPSA) is 21.3 Å².